The maximum atomic E-state index is 10.4. The molecule has 0 spiro atoms. The molecule has 5 nitrogen and oxygen atoms in total. The van der Waals surface area contributed by atoms with Gasteiger partial charge in [0.05, 0.1) is 5.75 Å². The van der Waals surface area contributed by atoms with Gasteiger partial charge >= 0.3 is 0 Å². The maximum absolute atomic E-state index is 10.4. The summed E-state index contributed by atoms with van der Waals surface area (Å²) in [5.41, 5.74) is 0.657. The van der Waals surface area contributed by atoms with Crippen molar-refractivity contribution in [2.24, 2.45) is 0 Å². The molecule has 90 valence electrons. The molecule has 0 heterocycles. The monoisotopic (exact) mass is 309 g/mol. The highest BCUT2D eigenvalue weighted by Crippen LogP contribution is 2.21. The first-order valence-electron chi connectivity index (χ1n) is 4.52. The molecular weight excluding hydrogens is 298 g/mol. The minimum atomic E-state index is -3.93. The smallest absolute Gasteiger partial charge is 0.266 e. The predicted octanol–water partition coefficient (Wildman–Crippen LogP) is 1.13. The van der Waals surface area contributed by atoms with Crippen molar-refractivity contribution >= 4 is 26.0 Å². The Morgan fingerprint density at radius 3 is 2.69 bits per heavy atom. The summed E-state index contributed by atoms with van der Waals surface area (Å²) in [5, 5.41) is 12.3. The predicted molar refractivity (Wildman–Crippen MR) is 63.9 cm³/mol. The summed E-state index contributed by atoms with van der Waals surface area (Å²) in [6.07, 6.45) is 0. The zero-order chi connectivity index (χ0) is 12.2. The molecule has 0 saturated heterocycles. The topological polar surface area (TPSA) is 86.6 Å². The third kappa shape index (κ3) is 4.93. The highest BCUT2D eigenvalue weighted by atomic mass is 79.9. The first kappa shape index (κ1) is 13.4. The summed E-state index contributed by atoms with van der Waals surface area (Å²) in [4.78, 5) is 0. The quantitative estimate of drug-likeness (QED) is 0.561. The number of rotatable bonds is 5. The van der Waals surface area contributed by atoms with E-state index in [0.29, 0.717) is 12.1 Å². The average Bonchev–Trinajstić information content (AvgIpc) is 2.16. The SMILES string of the molecule is O=S(=O)(O)CCNCc1cc(Br)ccc1O. The number of aromatic hydroxyl groups is 1. The van der Waals surface area contributed by atoms with Crippen molar-refractivity contribution in [3.8, 4) is 5.75 Å². The second-order valence-electron chi connectivity index (χ2n) is 3.24. The molecule has 0 fully saturated rings. The fourth-order valence-electron chi connectivity index (χ4n) is 1.12. The molecule has 0 aromatic heterocycles. The van der Waals surface area contributed by atoms with Crippen LogP contribution in [-0.4, -0.2) is 30.4 Å². The number of phenolic OH excluding ortho intramolecular Hbond substituents is 1. The summed E-state index contributed by atoms with van der Waals surface area (Å²) in [5.74, 6) is -0.204. The van der Waals surface area contributed by atoms with Crippen LogP contribution in [-0.2, 0) is 16.7 Å². The fraction of sp³-hybridized carbons (Fsp3) is 0.333. The van der Waals surface area contributed by atoms with Crippen molar-refractivity contribution in [3.63, 3.8) is 0 Å². The van der Waals surface area contributed by atoms with E-state index in [2.05, 4.69) is 21.2 Å². The number of hydrogen-bond donors (Lipinski definition) is 3. The number of hydrogen-bond acceptors (Lipinski definition) is 4. The maximum Gasteiger partial charge on any atom is 0.266 e. The van der Waals surface area contributed by atoms with Crippen molar-refractivity contribution in [1.29, 1.82) is 0 Å². The van der Waals surface area contributed by atoms with Gasteiger partial charge in [-0.05, 0) is 18.2 Å². The van der Waals surface area contributed by atoms with Gasteiger partial charge < -0.3 is 10.4 Å². The van der Waals surface area contributed by atoms with Crippen LogP contribution in [0.3, 0.4) is 0 Å². The van der Waals surface area contributed by atoms with E-state index in [1.165, 1.54) is 0 Å². The Bertz CT molecular complexity index is 461. The lowest BCUT2D eigenvalue weighted by molar-refractivity contribution is 0.464. The molecule has 0 bridgehead atoms. The molecule has 3 N–H and O–H groups in total. The van der Waals surface area contributed by atoms with Crippen LogP contribution in [0.1, 0.15) is 5.56 Å². The standard InChI is InChI=1S/C9H12BrNO4S/c10-8-1-2-9(12)7(5-8)6-11-3-4-16(13,14)15/h1-2,5,11-12H,3-4,6H2,(H,13,14,15). The van der Waals surface area contributed by atoms with Crippen LogP contribution in [0.25, 0.3) is 0 Å². The van der Waals surface area contributed by atoms with E-state index < -0.39 is 10.1 Å². The zero-order valence-corrected chi connectivity index (χ0v) is 10.8. The minimum absolute atomic E-state index is 0.130. The van der Waals surface area contributed by atoms with Crippen LogP contribution < -0.4 is 5.32 Å². The lowest BCUT2D eigenvalue weighted by Gasteiger charge is -2.06. The Balaban J connectivity index is 2.46. The van der Waals surface area contributed by atoms with Crippen LogP contribution >= 0.6 is 15.9 Å². The Labute approximate surface area is 102 Å². The van der Waals surface area contributed by atoms with Gasteiger partial charge in [-0.2, -0.15) is 8.42 Å². The Morgan fingerprint density at radius 1 is 1.38 bits per heavy atom. The van der Waals surface area contributed by atoms with Crippen molar-refractivity contribution in [2.45, 2.75) is 6.54 Å². The first-order valence-corrected chi connectivity index (χ1v) is 6.92. The minimum Gasteiger partial charge on any atom is -0.508 e. The first-order chi connectivity index (χ1) is 7.38. The molecule has 7 heteroatoms. The van der Waals surface area contributed by atoms with Crippen LogP contribution in [0, 0.1) is 0 Å². The molecule has 0 atom stereocenters. The van der Waals surface area contributed by atoms with E-state index in [1.54, 1.807) is 18.2 Å². The molecule has 0 radical (unpaired) electrons. The van der Waals surface area contributed by atoms with Crippen molar-refractivity contribution in [1.82, 2.24) is 5.32 Å². The Morgan fingerprint density at radius 2 is 2.06 bits per heavy atom. The molecular formula is C9H12BrNO4S. The summed E-state index contributed by atoms with van der Waals surface area (Å²) < 4.78 is 30.2. The van der Waals surface area contributed by atoms with E-state index in [-0.39, 0.29) is 18.0 Å². The number of halogens is 1. The Kier molecular flexibility index (Phi) is 4.72. The number of phenols is 1. The van der Waals surface area contributed by atoms with Crippen molar-refractivity contribution in [3.05, 3.63) is 28.2 Å². The summed E-state index contributed by atoms with van der Waals surface area (Å²) >= 11 is 3.26. The van der Waals surface area contributed by atoms with Gasteiger partial charge in [0.2, 0.25) is 0 Å². The van der Waals surface area contributed by atoms with Crippen LogP contribution in [0.2, 0.25) is 0 Å². The molecule has 0 aliphatic heterocycles. The van der Waals surface area contributed by atoms with Gasteiger partial charge in [0.15, 0.2) is 0 Å². The molecule has 0 aliphatic carbocycles. The second kappa shape index (κ2) is 5.62. The van der Waals surface area contributed by atoms with Crippen LogP contribution in [0.5, 0.6) is 5.75 Å². The third-order valence-electron chi connectivity index (χ3n) is 1.89. The van der Waals surface area contributed by atoms with Gasteiger partial charge in [-0.25, -0.2) is 0 Å². The summed E-state index contributed by atoms with van der Waals surface area (Å²) in [7, 11) is -3.93. The van der Waals surface area contributed by atoms with Gasteiger partial charge in [-0.15, -0.1) is 0 Å². The fourth-order valence-corrected chi connectivity index (χ4v) is 1.93. The highest BCUT2D eigenvalue weighted by molar-refractivity contribution is 9.10. The lowest BCUT2D eigenvalue weighted by atomic mass is 10.2. The van der Waals surface area contributed by atoms with Gasteiger partial charge in [0.1, 0.15) is 5.75 Å². The molecule has 0 amide bonds. The van der Waals surface area contributed by atoms with Crippen LogP contribution in [0.4, 0.5) is 0 Å². The van der Waals surface area contributed by atoms with E-state index in [0.717, 1.165) is 4.47 Å². The van der Waals surface area contributed by atoms with E-state index in [4.69, 9.17) is 4.55 Å². The normalized spacial score (nSPS) is 11.6. The zero-order valence-electron chi connectivity index (χ0n) is 8.35. The highest BCUT2D eigenvalue weighted by Gasteiger charge is 2.05. The molecule has 0 aliphatic rings. The molecule has 1 rings (SSSR count). The number of nitrogens with one attached hydrogen (secondary N) is 1. The second-order valence-corrected chi connectivity index (χ2v) is 5.72. The average molecular weight is 310 g/mol. The van der Waals surface area contributed by atoms with Gasteiger partial charge in [0, 0.05) is 23.1 Å². The summed E-state index contributed by atoms with van der Waals surface area (Å²) in [6, 6.07) is 4.98. The number of benzene rings is 1. The lowest BCUT2D eigenvalue weighted by Crippen LogP contribution is -2.22. The van der Waals surface area contributed by atoms with Crippen molar-refractivity contribution < 1.29 is 18.1 Å². The molecule has 1 aromatic carbocycles. The van der Waals surface area contributed by atoms with Crippen molar-refractivity contribution in [2.75, 3.05) is 12.3 Å². The molecule has 1 aromatic rings. The summed E-state index contributed by atoms with van der Waals surface area (Å²) in [6.45, 7) is 0.464. The van der Waals surface area contributed by atoms with Gasteiger partial charge in [-0.1, -0.05) is 15.9 Å². The molecule has 0 saturated carbocycles. The van der Waals surface area contributed by atoms with Gasteiger partial charge in [-0.3, -0.25) is 4.55 Å². The van der Waals surface area contributed by atoms with E-state index in [1.807, 2.05) is 0 Å². The van der Waals surface area contributed by atoms with Gasteiger partial charge in [0.25, 0.3) is 10.1 Å². The van der Waals surface area contributed by atoms with Crippen LogP contribution in [0.15, 0.2) is 22.7 Å². The van der Waals surface area contributed by atoms with E-state index >= 15 is 0 Å². The molecule has 0 unspecified atom stereocenters. The van der Waals surface area contributed by atoms with E-state index in [9.17, 15) is 13.5 Å². The third-order valence-corrected chi connectivity index (χ3v) is 3.11. The molecule has 16 heavy (non-hydrogen) atoms. The largest absolute Gasteiger partial charge is 0.508 e. The Hall–Kier alpha value is -0.630.